The van der Waals surface area contributed by atoms with E-state index < -0.39 is 12.6 Å². The first-order chi connectivity index (χ1) is 7.20. The zero-order valence-electron chi connectivity index (χ0n) is 8.48. The second kappa shape index (κ2) is 6.68. The average molecular weight is 233 g/mol. The largest absolute Gasteiger partial charge is 0.480 e. The summed E-state index contributed by atoms with van der Waals surface area (Å²) in [6.45, 7) is 0.952. The first-order valence-electron chi connectivity index (χ1n) is 4.85. The number of carboxylic acids is 1. The van der Waals surface area contributed by atoms with Crippen LogP contribution in [-0.2, 0) is 14.3 Å². The predicted octanol–water partition coefficient (Wildman–Crippen LogP) is 0.0531. The minimum Gasteiger partial charge on any atom is -0.480 e. The van der Waals surface area contributed by atoms with Gasteiger partial charge in [-0.15, -0.1) is 0 Å². The molecule has 1 rings (SSSR count). The number of carbonyl (C=O) groups excluding carboxylic acids is 1. The molecule has 0 aromatic heterocycles. The summed E-state index contributed by atoms with van der Waals surface area (Å²) in [7, 11) is 0. The standard InChI is InChI=1S/C9H15NO4S/c11-8(6-14-7-9(12)13)10-2-1-4-15-5-3-10/h1-7H2,(H,12,13). The van der Waals surface area contributed by atoms with Gasteiger partial charge in [0.25, 0.3) is 0 Å². The monoisotopic (exact) mass is 233 g/mol. The molecule has 0 aromatic rings. The Hall–Kier alpha value is -0.750. The van der Waals surface area contributed by atoms with Crippen LogP contribution in [0, 0.1) is 0 Å². The van der Waals surface area contributed by atoms with Crippen LogP contribution in [0.5, 0.6) is 0 Å². The number of nitrogens with zero attached hydrogens (tertiary/aromatic N) is 1. The maximum atomic E-state index is 11.5. The Morgan fingerprint density at radius 3 is 2.80 bits per heavy atom. The van der Waals surface area contributed by atoms with Gasteiger partial charge >= 0.3 is 5.97 Å². The molecular weight excluding hydrogens is 218 g/mol. The third-order valence-corrected chi connectivity index (χ3v) is 3.07. The number of carbonyl (C=O) groups is 2. The molecule has 0 aromatic carbocycles. The maximum absolute atomic E-state index is 11.5. The van der Waals surface area contributed by atoms with E-state index in [1.165, 1.54) is 0 Å². The summed E-state index contributed by atoms with van der Waals surface area (Å²) in [5, 5.41) is 8.33. The van der Waals surface area contributed by atoms with Crippen LogP contribution >= 0.6 is 11.8 Å². The van der Waals surface area contributed by atoms with Crippen molar-refractivity contribution in [2.45, 2.75) is 6.42 Å². The summed E-state index contributed by atoms with van der Waals surface area (Å²) in [6.07, 6.45) is 0.995. The fourth-order valence-corrected chi connectivity index (χ4v) is 2.20. The summed E-state index contributed by atoms with van der Waals surface area (Å²) in [5.74, 6) is 0.873. The zero-order chi connectivity index (χ0) is 11.1. The second-order valence-electron chi connectivity index (χ2n) is 3.23. The van der Waals surface area contributed by atoms with Gasteiger partial charge in [0.05, 0.1) is 0 Å². The van der Waals surface area contributed by atoms with Crippen molar-refractivity contribution in [3.05, 3.63) is 0 Å². The molecule has 0 radical (unpaired) electrons. The van der Waals surface area contributed by atoms with E-state index in [0.717, 1.165) is 31.0 Å². The second-order valence-corrected chi connectivity index (χ2v) is 4.46. The van der Waals surface area contributed by atoms with Crippen LogP contribution in [0.4, 0.5) is 0 Å². The van der Waals surface area contributed by atoms with Crippen molar-refractivity contribution in [1.82, 2.24) is 4.90 Å². The molecule has 1 aliphatic rings. The fraction of sp³-hybridized carbons (Fsp3) is 0.778. The lowest BCUT2D eigenvalue weighted by atomic mass is 10.4. The molecule has 15 heavy (non-hydrogen) atoms. The van der Waals surface area contributed by atoms with Gasteiger partial charge in [-0.3, -0.25) is 4.79 Å². The Labute approximate surface area is 92.8 Å². The molecule has 1 aliphatic heterocycles. The molecular formula is C9H15NO4S. The Morgan fingerprint density at radius 1 is 1.27 bits per heavy atom. The first-order valence-corrected chi connectivity index (χ1v) is 6.00. The Balaban J connectivity index is 2.22. The molecule has 1 heterocycles. The highest BCUT2D eigenvalue weighted by Gasteiger charge is 2.15. The van der Waals surface area contributed by atoms with Crippen LogP contribution in [0.1, 0.15) is 6.42 Å². The highest BCUT2D eigenvalue weighted by molar-refractivity contribution is 7.99. The van der Waals surface area contributed by atoms with Crippen molar-refractivity contribution < 1.29 is 19.4 Å². The minimum absolute atomic E-state index is 0.112. The van der Waals surface area contributed by atoms with Gasteiger partial charge in [0.1, 0.15) is 13.2 Å². The van der Waals surface area contributed by atoms with E-state index >= 15 is 0 Å². The van der Waals surface area contributed by atoms with Crippen molar-refractivity contribution in [2.24, 2.45) is 0 Å². The molecule has 1 saturated heterocycles. The smallest absolute Gasteiger partial charge is 0.329 e. The van der Waals surface area contributed by atoms with Gasteiger partial charge in [0, 0.05) is 18.8 Å². The Kier molecular flexibility index (Phi) is 5.49. The predicted molar refractivity (Wildman–Crippen MR) is 57.0 cm³/mol. The SMILES string of the molecule is O=C(O)COCC(=O)N1CCCSCC1. The quantitative estimate of drug-likeness (QED) is 0.743. The van der Waals surface area contributed by atoms with E-state index in [9.17, 15) is 9.59 Å². The summed E-state index contributed by atoms with van der Waals surface area (Å²) < 4.78 is 4.75. The normalized spacial score (nSPS) is 17.2. The number of amides is 1. The minimum atomic E-state index is -1.05. The number of hydrogen-bond acceptors (Lipinski definition) is 4. The van der Waals surface area contributed by atoms with Gasteiger partial charge in [-0.25, -0.2) is 4.79 Å². The van der Waals surface area contributed by atoms with Gasteiger partial charge < -0.3 is 14.7 Å². The molecule has 0 aliphatic carbocycles. The van der Waals surface area contributed by atoms with Crippen LogP contribution in [0.25, 0.3) is 0 Å². The van der Waals surface area contributed by atoms with Crippen molar-refractivity contribution in [2.75, 3.05) is 37.8 Å². The molecule has 1 N–H and O–H groups in total. The van der Waals surface area contributed by atoms with Gasteiger partial charge in [0.2, 0.25) is 5.91 Å². The van der Waals surface area contributed by atoms with Gasteiger partial charge in [-0.2, -0.15) is 11.8 Å². The number of aliphatic carboxylic acids is 1. The number of thioether (sulfide) groups is 1. The Bertz CT molecular complexity index is 226. The third-order valence-electron chi connectivity index (χ3n) is 2.03. The third kappa shape index (κ3) is 5.03. The van der Waals surface area contributed by atoms with Gasteiger partial charge in [0.15, 0.2) is 0 Å². The molecule has 1 fully saturated rings. The van der Waals surface area contributed by atoms with Crippen molar-refractivity contribution in [1.29, 1.82) is 0 Å². The van der Waals surface area contributed by atoms with E-state index in [1.807, 2.05) is 11.8 Å². The van der Waals surface area contributed by atoms with E-state index in [4.69, 9.17) is 9.84 Å². The van der Waals surface area contributed by atoms with Crippen molar-refractivity contribution in [3.8, 4) is 0 Å². The van der Waals surface area contributed by atoms with Crippen molar-refractivity contribution >= 4 is 23.6 Å². The van der Waals surface area contributed by atoms with Crippen molar-refractivity contribution in [3.63, 3.8) is 0 Å². The molecule has 86 valence electrons. The number of hydrogen-bond donors (Lipinski definition) is 1. The molecule has 1 amide bonds. The number of ether oxygens (including phenoxy) is 1. The molecule has 0 unspecified atom stereocenters. The van der Waals surface area contributed by atoms with Crippen LogP contribution in [0.3, 0.4) is 0 Å². The molecule has 0 atom stereocenters. The summed E-state index contributed by atoms with van der Waals surface area (Å²) in [4.78, 5) is 23.4. The number of carboxylic acid groups (broad SMARTS) is 1. The summed E-state index contributed by atoms with van der Waals surface area (Å²) >= 11 is 1.84. The lowest BCUT2D eigenvalue weighted by Gasteiger charge is -2.19. The van der Waals surface area contributed by atoms with Crippen LogP contribution in [0.2, 0.25) is 0 Å². The van der Waals surface area contributed by atoms with E-state index in [-0.39, 0.29) is 12.5 Å². The summed E-state index contributed by atoms with van der Waals surface area (Å²) in [5.41, 5.74) is 0. The molecule has 5 nitrogen and oxygen atoms in total. The molecule has 0 bridgehead atoms. The lowest BCUT2D eigenvalue weighted by Crippen LogP contribution is -2.36. The highest BCUT2D eigenvalue weighted by Crippen LogP contribution is 2.09. The Morgan fingerprint density at radius 2 is 2.07 bits per heavy atom. The molecule has 0 saturated carbocycles. The zero-order valence-corrected chi connectivity index (χ0v) is 9.29. The summed E-state index contributed by atoms with van der Waals surface area (Å²) in [6, 6.07) is 0. The number of rotatable bonds is 4. The first kappa shape index (κ1) is 12.3. The van der Waals surface area contributed by atoms with Crippen LogP contribution in [-0.4, -0.2) is 59.7 Å². The average Bonchev–Trinajstić information content (AvgIpc) is 2.44. The topological polar surface area (TPSA) is 66.8 Å². The van der Waals surface area contributed by atoms with E-state index in [1.54, 1.807) is 4.90 Å². The van der Waals surface area contributed by atoms with Crippen LogP contribution in [0.15, 0.2) is 0 Å². The highest BCUT2D eigenvalue weighted by atomic mass is 32.2. The van der Waals surface area contributed by atoms with E-state index in [0.29, 0.717) is 0 Å². The lowest BCUT2D eigenvalue weighted by molar-refractivity contribution is -0.145. The molecule has 0 spiro atoms. The molecule has 6 heteroatoms. The van der Waals surface area contributed by atoms with E-state index in [2.05, 4.69) is 0 Å². The fourth-order valence-electron chi connectivity index (χ4n) is 1.31. The van der Waals surface area contributed by atoms with Gasteiger partial charge in [-0.1, -0.05) is 0 Å². The maximum Gasteiger partial charge on any atom is 0.329 e. The van der Waals surface area contributed by atoms with Gasteiger partial charge in [-0.05, 0) is 12.2 Å². The van der Waals surface area contributed by atoms with Crippen LogP contribution < -0.4 is 0 Å².